The van der Waals surface area contributed by atoms with Crippen molar-refractivity contribution in [3.63, 3.8) is 0 Å². The number of amides is 1. The van der Waals surface area contributed by atoms with E-state index in [-0.39, 0.29) is 18.1 Å². The fourth-order valence-corrected chi connectivity index (χ4v) is 2.76. The molecule has 3 rings (SSSR count). The number of benzene rings is 1. The molecule has 1 aliphatic heterocycles. The van der Waals surface area contributed by atoms with Crippen molar-refractivity contribution < 1.29 is 14.3 Å². The van der Waals surface area contributed by atoms with Gasteiger partial charge in [-0.3, -0.25) is 9.89 Å². The third-order valence-corrected chi connectivity index (χ3v) is 4.49. The number of carbonyl (C=O) groups is 1. The van der Waals surface area contributed by atoms with Gasteiger partial charge in [0.15, 0.2) is 5.75 Å². The van der Waals surface area contributed by atoms with Crippen LogP contribution in [0.4, 0.5) is 0 Å². The number of nitrogens with one attached hydrogen (secondary N) is 2. The van der Waals surface area contributed by atoms with Gasteiger partial charge in [-0.25, -0.2) is 0 Å². The Morgan fingerprint density at radius 3 is 3.00 bits per heavy atom. The third-order valence-electron chi connectivity index (χ3n) is 4.01. The van der Waals surface area contributed by atoms with Crippen molar-refractivity contribution in [1.82, 2.24) is 15.5 Å². The minimum Gasteiger partial charge on any atom is -0.482 e. The van der Waals surface area contributed by atoms with Gasteiger partial charge in [0.2, 0.25) is 0 Å². The molecule has 2 heterocycles. The Morgan fingerprint density at radius 1 is 1.43 bits per heavy atom. The number of aromatic amines is 1. The maximum Gasteiger partial charge on any atom is 0.253 e. The highest BCUT2D eigenvalue weighted by Crippen LogP contribution is 2.24. The molecule has 1 amide bonds. The number of aromatic nitrogens is 2. The predicted molar refractivity (Wildman–Crippen MR) is 86.0 cm³/mol. The first-order valence-corrected chi connectivity index (χ1v) is 7.74. The molecule has 0 aliphatic carbocycles. The summed E-state index contributed by atoms with van der Waals surface area (Å²) in [6.45, 7) is 4.67. The first kappa shape index (κ1) is 15.8. The highest BCUT2D eigenvalue weighted by molar-refractivity contribution is 6.34. The van der Waals surface area contributed by atoms with E-state index in [4.69, 9.17) is 21.1 Å². The molecule has 1 aromatic heterocycles. The Kier molecular flexibility index (Phi) is 4.54. The Bertz CT molecular complexity index is 703. The summed E-state index contributed by atoms with van der Waals surface area (Å²) in [4.78, 5) is 12.5. The van der Waals surface area contributed by atoms with Crippen LogP contribution in [0.15, 0.2) is 24.5 Å². The maximum atomic E-state index is 12.5. The van der Waals surface area contributed by atoms with Crippen molar-refractivity contribution in [2.45, 2.75) is 26.0 Å². The highest BCUT2D eigenvalue weighted by atomic mass is 35.5. The minimum absolute atomic E-state index is 0.227. The molecule has 2 N–H and O–H groups in total. The maximum absolute atomic E-state index is 12.5. The average molecular weight is 336 g/mol. The molecule has 0 bridgehead atoms. The smallest absolute Gasteiger partial charge is 0.253 e. The van der Waals surface area contributed by atoms with Crippen LogP contribution in [0.3, 0.4) is 0 Å². The Morgan fingerprint density at radius 2 is 2.26 bits per heavy atom. The fraction of sp³-hybridized carbons (Fsp3) is 0.375. The zero-order valence-corrected chi connectivity index (χ0v) is 13.7. The van der Waals surface area contributed by atoms with Gasteiger partial charge in [0, 0.05) is 0 Å². The van der Waals surface area contributed by atoms with Crippen molar-refractivity contribution in [2.75, 3.05) is 13.2 Å². The van der Waals surface area contributed by atoms with Crippen LogP contribution >= 0.6 is 11.6 Å². The molecule has 23 heavy (non-hydrogen) atoms. The zero-order valence-electron chi connectivity index (χ0n) is 12.9. The summed E-state index contributed by atoms with van der Waals surface area (Å²) in [5.41, 5.74) is 2.42. The largest absolute Gasteiger partial charge is 0.482 e. The van der Waals surface area contributed by atoms with E-state index in [2.05, 4.69) is 15.5 Å². The first-order chi connectivity index (χ1) is 11.1. The van der Waals surface area contributed by atoms with Crippen LogP contribution < -0.4 is 10.1 Å². The van der Waals surface area contributed by atoms with Crippen LogP contribution in [0.5, 0.6) is 5.75 Å². The summed E-state index contributed by atoms with van der Waals surface area (Å²) < 4.78 is 11.2. The number of halogens is 1. The van der Waals surface area contributed by atoms with Gasteiger partial charge in [0.25, 0.3) is 5.91 Å². The number of hydrogen-bond donors (Lipinski definition) is 2. The molecule has 122 valence electrons. The van der Waals surface area contributed by atoms with E-state index >= 15 is 0 Å². The predicted octanol–water partition coefficient (Wildman–Crippen LogP) is 2.26. The Labute approximate surface area is 139 Å². The molecule has 0 unspecified atom stereocenters. The van der Waals surface area contributed by atoms with E-state index < -0.39 is 0 Å². The molecular weight excluding hydrogens is 318 g/mol. The number of nitrogens with zero attached hydrogens (tertiary/aromatic N) is 1. The van der Waals surface area contributed by atoms with E-state index in [9.17, 15) is 4.79 Å². The van der Waals surface area contributed by atoms with E-state index in [1.807, 2.05) is 19.9 Å². The van der Waals surface area contributed by atoms with Crippen LogP contribution in [-0.4, -0.2) is 41.5 Å². The molecular formula is C16H18ClN3O3. The molecule has 6 nitrogen and oxygen atoms in total. The SMILES string of the molecule is Cc1ccc(C(=O)N[C@H]2COC[C@H]2Oc2cn[nH]c2)c(Cl)c1C. The minimum atomic E-state index is -0.262. The van der Waals surface area contributed by atoms with Crippen LogP contribution in [0, 0.1) is 13.8 Å². The van der Waals surface area contributed by atoms with Crippen molar-refractivity contribution in [2.24, 2.45) is 0 Å². The zero-order chi connectivity index (χ0) is 16.4. The van der Waals surface area contributed by atoms with Crippen molar-refractivity contribution in [3.05, 3.63) is 46.2 Å². The number of carbonyl (C=O) groups excluding carboxylic acids is 1. The second-order valence-corrected chi connectivity index (χ2v) is 5.95. The molecule has 1 aliphatic rings. The molecule has 7 heteroatoms. The van der Waals surface area contributed by atoms with Gasteiger partial charge in [-0.2, -0.15) is 5.10 Å². The number of hydrogen-bond acceptors (Lipinski definition) is 4. The quantitative estimate of drug-likeness (QED) is 0.898. The Hall–Kier alpha value is -2.05. The molecule has 1 saturated heterocycles. The fourth-order valence-electron chi connectivity index (χ4n) is 2.47. The lowest BCUT2D eigenvalue weighted by molar-refractivity contribution is 0.0904. The van der Waals surface area contributed by atoms with Crippen molar-refractivity contribution in [1.29, 1.82) is 0 Å². The van der Waals surface area contributed by atoms with E-state index in [1.54, 1.807) is 18.5 Å². The van der Waals surface area contributed by atoms with E-state index in [0.29, 0.717) is 29.5 Å². The lowest BCUT2D eigenvalue weighted by atomic mass is 10.0. The van der Waals surface area contributed by atoms with Gasteiger partial charge in [-0.1, -0.05) is 17.7 Å². The van der Waals surface area contributed by atoms with Crippen LogP contribution in [-0.2, 0) is 4.74 Å². The summed E-state index contributed by atoms with van der Waals surface area (Å²) in [7, 11) is 0. The van der Waals surface area contributed by atoms with Crippen molar-refractivity contribution in [3.8, 4) is 5.75 Å². The van der Waals surface area contributed by atoms with Crippen molar-refractivity contribution >= 4 is 17.5 Å². The second kappa shape index (κ2) is 6.60. The van der Waals surface area contributed by atoms with Gasteiger partial charge in [0.05, 0.1) is 42.2 Å². The summed E-state index contributed by atoms with van der Waals surface area (Å²) in [6.07, 6.45) is 2.97. The number of H-pyrrole nitrogens is 1. The molecule has 1 aromatic carbocycles. The van der Waals surface area contributed by atoms with Crippen LogP contribution in [0.2, 0.25) is 5.02 Å². The van der Waals surface area contributed by atoms with Gasteiger partial charge < -0.3 is 14.8 Å². The highest BCUT2D eigenvalue weighted by Gasteiger charge is 2.32. The van der Waals surface area contributed by atoms with E-state index in [0.717, 1.165) is 11.1 Å². The summed E-state index contributed by atoms with van der Waals surface area (Å²) >= 11 is 6.29. The van der Waals surface area contributed by atoms with Gasteiger partial charge in [-0.05, 0) is 31.0 Å². The second-order valence-electron chi connectivity index (χ2n) is 5.58. The normalized spacial score (nSPS) is 20.5. The molecule has 0 saturated carbocycles. The molecule has 2 aromatic rings. The lowest BCUT2D eigenvalue weighted by Gasteiger charge is -2.20. The standard InChI is InChI=1S/C16H18ClN3O3/c1-9-3-4-12(15(17)10(9)2)16(21)20-13-7-22-8-14(13)23-11-5-18-19-6-11/h3-6,13-14H,7-8H2,1-2H3,(H,18,19)(H,20,21)/t13-,14+/m0/s1. The molecule has 2 atom stereocenters. The van der Waals surface area contributed by atoms with Gasteiger partial charge in [0.1, 0.15) is 6.10 Å². The average Bonchev–Trinajstić information content (AvgIpc) is 3.18. The topological polar surface area (TPSA) is 76.2 Å². The monoisotopic (exact) mass is 335 g/mol. The molecule has 0 spiro atoms. The van der Waals surface area contributed by atoms with E-state index in [1.165, 1.54) is 0 Å². The van der Waals surface area contributed by atoms with Gasteiger partial charge >= 0.3 is 0 Å². The summed E-state index contributed by atoms with van der Waals surface area (Å²) in [5.74, 6) is 0.387. The molecule has 0 radical (unpaired) electrons. The summed E-state index contributed by atoms with van der Waals surface area (Å²) in [6, 6.07) is 3.39. The first-order valence-electron chi connectivity index (χ1n) is 7.36. The number of aryl methyl sites for hydroxylation is 1. The van der Waals surface area contributed by atoms with Crippen LogP contribution in [0.1, 0.15) is 21.5 Å². The number of rotatable bonds is 4. The third kappa shape index (κ3) is 3.33. The summed E-state index contributed by atoms with van der Waals surface area (Å²) in [5, 5.41) is 9.94. The van der Waals surface area contributed by atoms with Crippen LogP contribution in [0.25, 0.3) is 0 Å². The number of ether oxygens (including phenoxy) is 2. The Balaban J connectivity index is 1.70. The molecule has 1 fully saturated rings. The van der Waals surface area contributed by atoms with Gasteiger partial charge in [-0.15, -0.1) is 0 Å². The lowest BCUT2D eigenvalue weighted by Crippen LogP contribution is -2.45.